The van der Waals surface area contributed by atoms with E-state index in [-0.39, 0.29) is 0 Å². The van der Waals surface area contributed by atoms with Crippen LogP contribution < -0.4 is 0 Å². The molecule has 0 radical (unpaired) electrons. The second-order valence-electron chi connectivity index (χ2n) is 1.63. The number of hydrogen-bond donors (Lipinski definition) is 1. The highest BCUT2D eigenvalue weighted by molar-refractivity contribution is 6.39. The van der Waals surface area contributed by atoms with Gasteiger partial charge in [-0.05, 0) is 0 Å². The summed E-state index contributed by atoms with van der Waals surface area (Å²) in [7, 11) is 0. The Balaban J connectivity index is 3.64. The maximum absolute atomic E-state index is 11.1. The lowest BCUT2D eigenvalue weighted by Crippen LogP contribution is -2.12. The number of hydrogen-bond acceptors (Lipinski definition) is 2. The lowest BCUT2D eigenvalue weighted by atomic mass is 10.3. The lowest BCUT2D eigenvalue weighted by molar-refractivity contribution is -0.131. The predicted octanol–water partition coefficient (Wildman–Crippen LogP) is 0.954. The molecule has 0 saturated carbocycles. The van der Waals surface area contributed by atoms with Gasteiger partial charge in [0, 0.05) is 5.56 Å². The highest BCUT2D eigenvalue weighted by Crippen LogP contribution is 1.98. The molecule has 0 aromatic heterocycles. The molecule has 0 heterocycles. The maximum atomic E-state index is 11.1. The monoisotopic (exact) mass is 156 g/mol. The van der Waals surface area contributed by atoms with Gasteiger partial charge in [-0.15, -0.1) is 0 Å². The molecule has 0 aliphatic carbocycles. The van der Waals surface area contributed by atoms with Crippen LogP contribution in [0.1, 0.15) is 17.2 Å². The van der Waals surface area contributed by atoms with Crippen molar-refractivity contribution in [2.24, 2.45) is 0 Å². The molecule has 0 fully saturated rings. The van der Waals surface area contributed by atoms with E-state index >= 15 is 0 Å². The highest BCUT2D eigenvalue weighted by atomic mass is 16.4. The Bertz CT molecular complexity index is 468. The molecule has 0 saturated heterocycles. The molecule has 0 amide bonds. The number of aliphatic carboxylic acids is 1. The van der Waals surface area contributed by atoms with Crippen LogP contribution in [-0.2, 0) is 4.79 Å². The van der Waals surface area contributed by atoms with Crippen LogP contribution in [0.25, 0.3) is 0 Å². The van der Waals surface area contributed by atoms with Crippen molar-refractivity contribution >= 4 is 11.8 Å². The van der Waals surface area contributed by atoms with Gasteiger partial charge in [-0.25, -0.2) is 4.79 Å². The molecule has 11 heavy (non-hydrogen) atoms. The van der Waals surface area contributed by atoms with Crippen LogP contribution in [-0.4, -0.2) is 16.9 Å². The van der Waals surface area contributed by atoms with E-state index in [1.54, 1.807) is 0 Å². The number of carboxylic acids is 1. The van der Waals surface area contributed by atoms with E-state index in [9.17, 15) is 9.59 Å². The summed E-state index contributed by atoms with van der Waals surface area (Å²) < 4.78 is 36.3. The first-order valence-corrected chi connectivity index (χ1v) is 2.63. The van der Waals surface area contributed by atoms with Crippen LogP contribution in [0.2, 0.25) is 0 Å². The molecule has 0 unspecified atom stereocenters. The summed E-state index contributed by atoms with van der Waals surface area (Å²) in [4.78, 5) is 21.6. The normalized spacial score (nSPS) is 15.5. The minimum Gasteiger partial charge on any atom is -0.475 e. The summed E-state index contributed by atoms with van der Waals surface area (Å²) in [5, 5.41) is 8.45. The first kappa shape index (κ1) is 3.17. The van der Waals surface area contributed by atoms with Gasteiger partial charge in [0.1, 0.15) is 0 Å². The molecular formula is C8H6O3. The number of carbonyl (C=O) groups is 2. The summed E-state index contributed by atoms with van der Waals surface area (Å²) in [6, 6.07) is -3.75. The minimum absolute atomic E-state index is 0.670. The van der Waals surface area contributed by atoms with Gasteiger partial charge in [-0.3, -0.25) is 4.79 Å². The quantitative estimate of drug-likeness (QED) is 0.394. The third kappa shape index (κ3) is 1.64. The molecule has 1 rings (SSSR count). The molecule has 0 aliphatic rings. The first-order chi connectivity index (χ1) is 7.29. The van der Waals surface area contributed by atoms with Crippen molar-refractivity contribution in [3.63, 3.8) is 0 Å². The molecule has 3 nitrogen and oxygen atoms in total. The summed E-state index contributed by atoms with van der Waals surface area (Å²) in [6.45, 7) is 0. The van der Waals surface area contributed by atoms with Crippen molar-refractivity contribution in [2.45, 2.75) is 0 Å². The van der Waals surface area contributed by atoms with E-state index in [0.29, 0.717) is 0 Å². The van der Waals surface area contributed by atoms with Gasteiger partial charge < -0.3 is 5.11 Å². The standard InChI is InChI=1S/C8H6O3/c9-7(8(10)11)6-4-2-1-3-5-6/h1-5H,(H,10,11)/i1D,2D,3D,4D,5D,7+1. The summed E-state index contributed by atoms with van der Waals surface area (Å²) in [6.07, 6.45) is 0. The molecule has 56 valence electrons. The molecule has 0 aliphatic heterocycles. The Morgan fingerprint density at radius 1 is 1.27 bits per heavy atom. The second kappa shape index (κ2) is 2.96. The van der Waals surface area contributed by atoms with Crippen molar-refractivity contribution in [2.75, 3.05) is 0 Å². The predicted molar refractivity (Wildman–Crippen MR) is 38.4 cm³/mol. The third-order valence-electron chi connectivity index (χ3n) is 0.921. The van der Waals surface area contributed by atoms with Gasteiger partial charge in [-0.2, -0.15) is 0 Å². The fourth-order valence-electron chi connectivity index (χ4n) is 0.470. The Morgan fingerprint density at radius 2 is 1.82 bits per heavy atom. The molecule has 3 heteroatoms. The van der Waals surface area contributed by atoms with E-state index < -0.39 is 47.5 Å². The summed E-state index contributed by atoms with van der Waals surface area (Å²) >= 11 is 0. The van der Waals surface area contributed by atoms with Gasteiger partial charge >= 0.3 is 5.97 Å². The highest BCUT2D eigenvalue weighted by Gasteiger charge is 2.12. The van der Waals surface area contributed by atoms with Crippen LogP contribution in [0, 0.1) is 0 Å². The van der Waals surface area contributed by atoms with E-state index in [2.05, 4.69) is 0 Å². The van der Waals surface area contributed by atoms with Crippen molar-refractivity contribution in [1.29, 1.82) is 0 Å². The minimum atomic E-state index is -1.86. The maximum Gasteiger partial charge on any atom is 0.377 e. The van der Waals surface area contributed by atoms with Crippen LogP contribution in [0.3, 0.4) is 0 Å². The van der Waals surface area contributed by atoms with E-state index in [1.807, 2.05) is 0 Å². The zero-order chi connectivity index (χ0) is 12.6. The molecule has 1 aromatic rings. The fraction of sp³-hybridized carbons (Fsp3) is 0. The molecule has 1 N–H and O–H groups in total. The number of carbonyl (C=O) groups excluding carboxylic acids is 1. The van der Waals surface area contributed by atoms with Crippen LogP contribution in [0.5, 0.6) is 0 Å². The first-order valence-electron chi connectivity index (χ1n) is 5.13. The van der Waals surface area contributed by atoms with Crippen LogP contribution >= 0.6 is 0 Å². The number of benzene rings is 1. The van der Waals surface area contributed by atoms with Crippen molar-refractivity contribution in [3.8, 4) is 0 Å². The molecule has 0 spiro atoms. The van der Waals surface area contributed by atoms with Crippen LogP contribution in [0.4, 0.5) is 0 Å². The average molecular weight is 156 g/mol. The average Bonchev–Trinajstić information content (AvgIpc) is 2.23. The number of carboxylic acid groups (broad SMARTS) is 1. The fourth-order valence-corrected chi connectivity index (χ4v) is 0.470. The third-order valence-corrected chi connectivity index (χ3v) is 0.921. The second-order valence-corrected chi connectivity index (χ2v) is 1.63. The zero-order valence-electron chi connectivity index (χ0n) is 10.3. The number of Topliss-reactive ketones (excluding diaryl/α,β-unsaturated/α-hetero) is 1. The molecule has 1 aromatic carbocycles. The Labute approximate surface area is 70.3 Å². The van der Waals surface area contributed by atoms with Gasteiger partial charge in [0.05, 0.1) is 6.85 Å². The summed E-state index contributed by atoms with van der Waals surface area (Å²) in [5.74, 6) is -3.38. The Morgan fingerprint density at radius 3 is 2.27 bits per heavy atom. The van der Waals surface area contributed by atoms with Gasteiger partial charge in [0.15, 0.2) is 0 Å². The van der Waals surface area contributed by atoms with Gasteiger partial charge in [0.25, 0.3) is 5.78 Å². The van der Waals surface area contributed by atoms with Crippen LogP contribution in [0.15, 0.2) is 30.2 Å². The number of rotatable bonds is 2. The van der Waals surface area contributed by atoms with Crippen molar-refractivity contribution < 1.29 is 21.5 Å². The van der Waals surface area contributed by atoms with Crippen molar-refractivity contribution in [1.82, 2.24) is 0 Å². The summed E-state index contributed by atoms with van der Waals surface area (Å²) in [5.41, 5.74) is -0.821. The SMILES string of the molecule is [2H]c1c([2H])c([2H])c([13C](=O)C(=O)O)c([2H])c1[2H]. The van der Waals surface area contributed by atoms with E-state index in [4.69, 9.17) is 12.0 Å². The zero-order valence-corrected chi connectivity index (χ0v) is 5.26. The lowest BCUT2D eigenvalue weighted by Gasteiger charge is -1.91. The molecular weight excluding hydrogens is 145 g/mol. The molecule has 0 atom stereocenters. The van der Waals surface area contributed by atoms with Crippen molar-refractivity contribution in [3.05, 3.63) is 35.8 Å². The molecule has 0 bridgehead atoms. The van der Waals surface area contributed by atoms with Gasteiger partial charge in [-0.1, -0.05) is 30.2 Å². The van der Waals surface area contributed by atoms with Gasteiger partial charge in [0.2, 0.25) is 0 Å². The smallest absolute Gasteiger partial charge is 0.377 e. The topological polar surface area (TPSA) is 54.4 Å². The Kier molecular flexibility index (Phi) is 0.855. The van der Waals surface area contributed by atoms with E-state index in [1.165, 1.54) is 0 Å². The number of ketones is 1. The van der Waals surface area contributed by atoms with E-state index in [0.717, 1.165) is 0 Å². The largest absolute Gasteiger partial charge is 0.475 e. The Hall–Kier alpha value is -1.64.